The van der Waals surface area contributed by atoms with Crippen LogP contribution in [0.3, 0.4) is 0 Å². The summed E-state index contributed by atoms with van der Waals surface area (Å²) in [6, 6.07) is 0. The number of hydrogen-bond donors (Lipinski definition) is 0. The van der Waals surface area contributed by atoms with E-state index in [9.17, 15) is 9.59 Å². The lowest BCUT2D eigenvalue weighted by molar-refractivity contribution is 0.0729. The molecule has 0 aliphatic carbocycles. The van der Waals surface area contributed by atoms with Crippen molar-refractivity contribution in [1.82, 2.24) is 14.8 Å². The van der Waals surface area contributed by atoms with Gasteiger partial charge in [-0.3, -0.25) is 9.63 Å². The number of carbonyl (C=O) groups is 2. The van der Waals surface area contributed by atoms with Crippen molar-refractivity contribution in [3.05, 3.63) is 18.0 Å². The maximum absolute atomic E-state index is 11.6. The molecular formula is C10H13N3O3. The van der Waals surface area contributed by atoms with Gasteiger partial charge >= 0.3 is 6.09 Å². The number of likely N-dealkylation sites (tertiary alicyclic amines) is 1. The zero-order chi connectivity index (χ0) is 11.4. The molecule has 6 heteroatoms. The Hall–Kier alpha value is -1.85. The van der Waals surface area contributed by atoms with Crippen LogP contribution in [0.2, 0.25) is 0 Å². The van der Waals surface area contributed by atoms with Crippen molar-refractivity contribution >= 4 is 12.4 Å². The van der Waals surface area contributed by atoms with Gasteiger partial charge in [-0.1, -0.05) is 4.85 Å². The van der Waals surface area contributed by atoms with Crippen LogP contribution in [0.4, 0.5) is 4.79 Å². The molecule has 1 aliphatic heterocycles. The summed E-state index contributed by atoms with van der Waals surface area (Å²) >= 11 is 0. The summed E-state index contributed by atoms with van der Waals surface area (Å²) in [6.45, 7) is 1.45. The maximum atomic E-state index is 11.6. The van der Waals surface area contributed by atoms with E-state index in [1.807, 2.05) is 0 Å². The number of carbonyl (C=O) groups excluding carboxylic acids is 2. The molecule has 1 aromatic rings. The SMILES string of the molecule is O=Cc1cnn(OC(=O)N2CCCCC2)c1. The maximum Gasteiger partial charge on any atom is 0.435 e. The number of piperidine rings is 1. The fourth-order valence-corrected chi connectivity index (χ4v) is 1.64. The molecule has 0 radical (unpaired) electrons. The van der Waals surface area contributed by atoms with Crippen molar-refractivity contribution in [2.45, 2.75) is 19.3 Å². The molecule has 16 heavy (non-hydrogen) atoms. The fraction of sp³-hybridized carbons (Fsp3) is 0.500. The van der Waals surface area contributed by atoms with Crippen LogP contribution >= 0.6 is 0 Å². The van der Waals surface area contributed by atoms with Gasteiger partial charge in [-0.2, -0.15) is 0 Å². The van der Waals surface area contributed by atoms with E-state index in [0.29, 0.717) is 11.8 Å². The predicted octanol–water partition coefficient (Wildman–Crippen LogP) is 0.730. The fourth-order valence-electron chi connectivity index (χ4n) is 1.64. The highest BCUT2D eigenvalue weighted by Gasteiger charge is 2.18. The van der Waals surface area contributed by atoms with E-state index in [1.165, 1.54) is 12.4 Å². The normalized spacial score (nSPS) is 15.9. The van der Waals surface area contributed by atoms with Gasteiger partial charge in [-0.25, -0.2) is 4.79 Å². The Labute approximate surface area is 92.7 Å². The van der Waals surface area contributed by atoms with Gasteiger partial charge in [0.15, 0.2) is 6.29 Å². The third kappa shape index (κ3) is 2.39. The summed E-state index contributed by atoms with van der Waals surface area (Å²) in [6.07, 6.45) is 6.12. The minimum absolute atomic E-state index is 0.381. The number of hydrogen-bond acceptors (Lipinski definition) is 4. The molecule has 0 spiro atoms. The molecule has 0 atom stereocenters. The minimum atomic E-state index is -0.416. The largest absolute Gasteiger partial charge is 0.435 e. The first kappa shape index (κ1) is 10.7. The number of amides is 1. The molecule has 0 aromatic carbocycles. The molecule has 0 N–H and O–H groups in total. The van der Waals surface area contributed by atoms with Crippen LogP contribution in [0.25, 0.3) is 0 Å². The summed E-state index contributed by atoms with van der Waals surface area (Å²) in [7, 11) is 0. The highest BCUT2D eigenvalue weighted by atomic mass is 16.7. The number of aromatic nitrogens is 2. The van der Waals surface area contributed by atoms with E-state index in [-0.39, 0.29) is 0 Å². The Morgan fingerprint density at radius 3 is 2.75 bits per heavy atom. The third-order valence-electron chi connectivity index (χ3n) is 2.50. The Balaban J connectivity index is 1.92. The van der Waals surface area contributed by atoms with Crippen LogP contribution in [0.5, 0.6) is 0 Å². The first-order valence-electron chi connectivity index (χ1n) is 5.27. The highest BCUT2D eigenvalue weighted by Crippen LogP contribution is 2.08. The van der Waals surface area contributed by atoms with Crippen molar-refractivity contribution in [1.29, 1.82) is 0 Å². The lowest BCUT2D eigenvalue weighted by atomic mass is 10.1. The van der Waals surface area contributed by atoms with Gasteiger partial charge in [0, 0.05) is 13.1 Å². The molecule has 2 heterocycles. The molecule has 1 amide bonds. The van der Waals surface area contributed by atoms with Crippen LogP contribution in [0.1, 0.15) is 29.6 Å². The van der Waals surface area contributed by atoms with Crippen LogP contribution in [-0.4, -0.2) is 40.3 Å². The topological polar surface area (TPSA) is 64.4 Å². The van der Waals surface area contributed by atoms with E-state index in [0.717, 1.165) is 37.2 Å². The lowest BCUT2D eigenvalue weighted by Crippen LogP contribution is -2.40. The zero-order valence-electron chi connectivity index (χ0n) is 8.83. The van der Waals surface area contributed by atoms with Crippen LogP contribution in [-0.2, 0) is 0 Å². The van der Waals surface area contributed by atoms with Gasteiger partial charge in [0.05, 0.1) is 18.0 Å². The lowest BCUT2D eigenvalue weighted by Gasteiger charge is -2.24. The molecule has 2 rings (SSSR count). The smallest absolute Gasteiger partial charge is 0.306 e. The van der Waals surface area contributed by atoms with Crippen molar-refractivity contribution < 1.29 is 14.4 Å². The zero-order valence-corrected chi connectivity index (χ0v) is 8.83. The molecule has 1 saturated heterocycles. The molecular weight excluding hydrogens is 210 g/mol. The van der Waals surface area contributed by atoms with Crippen LogP contribution < -0.4 is 4.84 Å². The second-order valence-corrected chi connectivity index (χ2v) is 3.70. The van der Waals surface area contributed by atoms with Crippen LogP contribution in [0, 0.1) is 0 Å². The Morgan fingerprint density at radius 2 is 2.12 bits per heavy atom. The standard InChI is InChI=1S/C10H13N3O3/c14-8-9-6-11-13(7-9)16-10(15)12-4-2-1-3-5-12/h6-8H,1-5H2. The molecule has 1 aliphatic rings. The van der Waals surface area contributed by atoms with Crippen molar-refractivity contribution in [3.8, 4) is 0 Å². The molecule has 86 valence electrons. The Bertz CT molecular complexity index is 382. The van der Waals surface area contributed by atoms with Crippen molar-refractivity contribution in [2.75, 3.05) is 13.1 Å². The third-order valence-corrected chi connectivity index (χ3v) is 2.50. The number of nitrogens with zero attached hydrogens (tertiary/aromatic N) is 3. The van der Waals surface area contributed by atoms with Gasteiger partial charge in [0.25, 0.3) is 0 Å². The van der Waals surface area contributed by atoms with E-state index >= 15 is 0 Å². The second kappa shape index (κ2) is 4.78. The summed E-state index contributed by atoms with van der Waals surface area (Å²) in [5.41, 5.74) is 0.381. The molecule has 0 unspecified atom stereocenters. The molecule has 1 aromatic heterocycles. The van der Waals surface area contributed by atoms with Gasteiger partial charge < -0.3 is 4.90 Å². The van der Waals surface area contributed by atoms with Crippen LogP contribution in [0.15, 0.2) is 12.4 Å². The molecule has 0 saturated carbocycles. The Morgan fingerprint density at radius 1 is 1.38 bits per heavy atom. The Kier molecular flexibility index (Phi) is 3.19. The summed E-state index contributed by atoms with van der Waals surface area (Å²) in [4.78, 5) is 29.7. The second-order valence-electron chi connectivity index (χ2n) is 3.70. The summed E-state index contributed by atoms with van der Waals surface area (Å²) in [5, 5.41) is 3.74. The van der Waals surface area contributed by atoms with Gasteiger partial charge in [-0.05, 0) is 19.3 Å². The highest BCUT2D eigenvalue weighted by molar-refractivity contribution is 5.73. The van der Waals surface area contributed by atoms with E-state index in [4.69, 9.17) is 4.84 Å². The van der Waals surface area contributed by atoms with Crippen molar-refractivity contribution in [2.24, 2.45) is 0 Å². The summed E-state index contributed by atoms with van der Waals surface area (Å²) < 4.78 is 0. The monoisotopic (exact) mass is 223 g/mol. The van der Waals surface area contributed by atoms with Gasteiger partial charge in [0.1, 0.15) is 0 Å². The quantitative estimate of drug-likeness (QED) is 0.693. The first-order chi connectivity index (χ1) is 7.79. The van der Waals surface area contributed by atoms with Gasteiger partial charge in [-0.15, -0.1) is 5.10 Å². The summed E-state index contributed by atoms with van der Waals surface area (Å²) in [5.74, 6) is 0. The van der Waals surface area contributed by atoms with E-state index < -0.39 is 6.09 Å². The van der Waals surface area contributed by atoms with Crippen molar-refractivity contribution in [3.63, 3.8) is 0 Å². The van der Waals surface area contributed by atoms with E-state index in [1.54, 1.807) is 4.90 Å². The molecule has 6 nitrogen and oxygen atoms in total. The average molecular weight is 223 g/mol. The molecule has 1 fully saturated rings. The predicted molar refractivity (Wildman–Crippen MR) is 55.0 cm³/mol. The molecule has 0 bridgehead atoms. The van der Waals surface area contributed by atoms with Gasteiger partial charge in [0.2, 0.25) is 0 Å². The number of aldehydes is 1. The van der Waals surface area contributed by atoms with E-state index in [2.05, 4.69) is 5.10 Å². The average Bonchev–Trinajstić information content (AvgIpc) is 2.78. The first-order valence-corrected chi connectivity index (χ1v) is 5.27. The number of rotatable bonds is 2. The minimum Gasteiger partial charge on any atom is -0.306 e.